The van der Waals surface area contributed by atoms with Crippen molar-refractivity contribution in [3.8, 4) is 0 Å². The van der Waals surface area contributed by atoms with Gasteiger partial charge in [0.1, 0.15) is 5.78 Å². The van der Waals surface area contributed by atoms with Crippen LogP contribution in [-0.2, 0) is 11.2 Å². The van der Waals surface area contributed by atoms with Gasteiger partial charge in [0.15, 0.2) is 0 Å². The van der Waals surface area contributed by atoms with E-state index in [4.69, 9.17) is 11.6 Å². The van der Waals surface area contributed by atoms with Crippen LogP contribution < -0.4 is 0 Å². The zero-order valence-electron chi connectivity index (χ0n) is 9.17. The minimum atomic E-state index is -0.0840. The lowest BCUT2D eigenvalue weighted by atomic mass is 10.0. The summed E-state index contributed by atoms with van der Waals surface area (Å²) >= 11 is 9.58. The second-order valence-corrected chi connectivity index (χ2v) is 5.96. The van der Waals surface area contributed by atoms with E-state index in [0.29, 0.717) is 18.1 Å². The SMILES string of the molecule is Cc1ccc(Cl)c(CC(Br)C(=O)C2CC2)c1. The molecular weight excluding hydrogens is 287 g/mol. The van der Waals surface area contributed by atoms with Gasteiger partial charge in [-0.05, 0) is 37.8 Å². The van der Waals surface area contributed by atoms with Crippen molar-refractivity contribution in [3.05, 3.63) is 34.3 Å². The van der Waals surface area contributed by atoms with E-state index < -0.39 is 0 Å². The highest BCUT2D eigenvalue weighted by Gasteiger charge is 2.33. The quantitative estimate of drug-likeness (QED) is 0.770. The molecule has 1 fully saturated rings. The van der Waals surface area contributed by atoms with Crippen LogP contribution in [0.5, 0.6) is 0 Å². The lowest BCUT2D eigenvalue weighted by Gasteiger charge is -2.10. The maximum atomic E-state index is 11.8. The van der Waals surface area contributed by atoms with Crippen LogP contribution in [0.15, 0.2) is 18.2 Å². The van der Waals surface area contributed by atoms with Gasteiger partial charge >= 0.3 is 0 Å². The number of Topliss-reactive ketones (excluding diaryl/α,β-unsaturated/α-hetero) is 1. The third-order valence-corrected chi connectivity index (χ3v) is 4.03. The molecule has 0 spiro atoms. The molecule has 2 rings (SSSR count). The van der Waals surface area contributed by atoms with Crippen LogP contribution in [0.2, 0.25) is 5.02 Å². The number of carbonyl (C=O) groups excluding carboxylic acids is 1. The molecule has 0 amide bonds. The number of carbonyl (C=O) groups is 1. The molecule has 0 N–H and O–H groups in total. The monoisotopic (exact) mass is 300 g/mol. The Morgan fingerprint density at radius 1 is 1.56 bits per heavy atom. The van der Waals surface area contributed by atoms with Crippen LogP contribution in [0, 0.1) is 12.8 Å². The van der Waals surface area contributed by atoms with Crippen molar-refractivity contribution in [2.75, 3.05) is 0 Å². The molecule has 1 saturated carbocycles. The summed E-state index contributed by atoms with van der Waals surface area (Å²) in [4.78, 5) is 11.7. The zero-order chi connectivity index (χ0) is 11.7. The highest BCUT2D eigenvalue weighted by molar-refractivity contribution is 9.10. The highest BCUT2D eigenvalue weighted by Crippen LogP contribution is 2.34. The first-order valence-electron chi connectivity index (χ1n) is 5.51. The van der Waals surface area contributed by atoms with E-state index in [9.17, 15) is 4.79 Å². The molecule has 1 aromatic rings. The number of aryl methyl sites for hydroxylation is 1. The van der Waals surface area contributed by atoms with Gasteiger partial charge in [-0.15, -0.1) is 0 Å². The van der Waals surface area contributed by atoms with Crippen molar-refractivity contribution in [2.45, 2.75) is 31.0 Å². The molecule has 1 nitrogen and oxygen atoms in total. The van der Waals surface area contributed by atoms with E-state index in [1.54, 1.807) is 0 Å². The smallest absolute Gasteiger partial charge is 0.149 e. The number of benzene rings is 1. The van der Waals surface area contributed by atoms with Gasteiger partial charge in [-0.25, -0.2) is 0 Å². The van der Waals surface area contributed by atoms with Gasteiger partial charge in [-0.1, -0.05) is 45.2 Å². The average molecular weight is 302 g/mol. The molecule has 1 unspecified atom stereocenters. The summed E-state index contributed by atoms with van der Waals surface area (Å²) in [5.41, 5.74) is 2.23. The summed E-state index contributed by atoms with van der Waals surface area (Å²) in [6, 6.07) is 5.93. The molecule has 1 aliphatic carbocycles. The van der Waals surface area contributed by atoms with Crippen LogP contribution in [0.4, 0.5) is 0 Å². The molecule has 0 aliphatic heterocycles. The van der Waals surface area contributed by atoms with Crippen molar-refractivity contribution in [1.29, 1.82) is 0 Å². The Labute approximate surface area is 109 Å². The van der Waals surface area contributed by atoms with Gasteiger partial charge in [-0.2, -0.15) is 0 Å². The van der Waals surface area contributed by atoms with Crippen molar-refractivity contribution < 1.29 is 4.79 Å². The van der Waals surface area contributed by atoms with E-state index in [2.05, 4.69) is 22.0 Å². The third kappa shape index (κ3) is 2.86. The van der Waals surface area contributed by atoms with Crippen LogP contribution in [0.3, 0.4) is 0 Å². The fourth-order valence-electron chi connectivity index (χ4n) is 1.78. The summed E-state index contributed by atoms with van der Waals surface area (Å²) in [5.74, 6) is 0.630. The Morgan fingerprint density at radius 2 is 2.25 bits per heavy atom. The lowest BCUT2D eigenvalue weighted by molar-refractivity contribution is -0.119. The van der Waals surface area contributed by atoms with Crippen molar-refractivity contribution >= 4 is 33.3 Å². The molecule has 1 atom stereocenters. The van der Waals surface area contributed by atoms with Crippen molar-refractivity contribution in [3.63, 3.8) is 0 Å². The second-order valence-electron chi connectivity index (χ2n) is 4.44. The Hall–Kier alpha value is -0.340. The van der Waals surface area contributed by atoms with E-state index in [1.165, 1.54) is 5.56 Å². The Morgan fingerprint density at radius 3 is 2.88 bits per heavy atom. The van der Waals surface area contributed by atoms with Crippen LogP contribution in [0.25, 0.3) is 0 Å². The third-order valence-electron chi connectivity index (χ3n) is 2.89. The molecule has 16 heavy (non-hydrogen) atoms. The van der Waals surface area contributed by atoms with Gasteiger partial charge in [0.05, 0.1) is 4.83 Å². The predicted molar refractivity (Wildman–Crippen MR) is 70.3 cm³/mol. The van der Waals surface area contributed by atoms with Gasteiger partial charge < -0.3 is 0 Å². The summed E-state index contributed by atoms with van der Waals surface area (Å²) in [6.45, 7) is 2.03. The maximum Gasteiger partial charge on any atom is 0.149 e. The normalized spacial score (nSPS) is 17.2. The van der Waals surface area contributed by atoms with Crippen LogP contribution in [-0.4, -0.2) is 10.6 Å². The standard InChI is InChI=1S/C13H14BrClO/c1-8-2-5-12(15)10(6-8)7-11(14)13(16)9-3-4-9/h2,5-6,9,11H,3-4,7H2,1H3. The van der Waals surface area contributed by atoms with E-state index in [1.807, 2.05) is 19.1 Å². The first-order valence-corrected chi connectivity index (χ1v) is 6.80. The second kappa shape index (κ2) is 4.89. The van der Waals surface area contributed by atoms with Gasteiger partial charge in [0.2, 0.25) is 0 Å². The molecule has 1 aromatic carbocycles. The molecule has 0 bridgehead atoms. The number of alkyl halides is 1. The summed E-state index contributed by atoms with van der Waals surface area (Å²) in [5, 5.41) is 0.749. The number of halogens is 2. The molecular formula is C13H14BrClO. The molecule has 1 aliphatic rings. The Bertz CT molecular complexity index is 412. The predicted octanol–water partition coefficient (Wildman–Crippen LogP) is 3.93. The van der Waals surface area contributed by atoms with E-state index in [-0.39, 0.29) is 4.83 Å². The average Bonchev–Trinajstić information content (AvgIpc) is 3.06. The fraction of sp³-hybridized carbons (Fsp3) is 0.462. The first-order chi connectivity index (χ1) is 7.58. The lowest BCUT2D eigenvalue weighted by Crippen LogP contribution is -2.18. The minimum Gasteiger partial charge on any atom is -0.298 e. The number of rotatable bonds is 4. The number of hydrogen-bond donors (Lipinski definition) is 0. The maximum absolute atomic E-state index is 11.8. The van der Waals surface area contributed by atoms with Crippen molar-refractivity contribution in [1.82, 2.24) is 0 Å². The molecule has 0 saturated heterocycles. The molecule has 86 valence electrons. The van der Waals surface area contributed by atoms with Gasteiger partial charge in [0.25, 0.3) is 0 Å². The first kappa shape index (κ1) is 12.1. The van der Waals surface area contributed by atoms with Crippen molar-refractivity contribution in [2.24, 2.45) is 5.92 Å². The highest BCUT2D eigenvalue weighted by atomic mass is 79.9. The minimum absolute atomic E-state index is 0.0840. The Balaban J connectivity index is 2.07. The molecule has 0 aromatic heterocycles. The number of ketones is 1. The topological polar surface area (TPSA) is 17.1 Å². The molecule has 0 radical (unpaired) electrons. The summed E-state index contributed by atoms with van der Waals surface area (Å²) in [6.07, 6.45) is 2.81. The van der Waals surface area contributed by atoms with Crippen LogP contribution in [0.1, 0.15) is 24.0 Å². The molecule has 0 heterocycles. The number of hydrogen-bond acceptors (Lipinski definition) is 1. The van der Waals surface area contributed by atoms with E-state index in [0.717, 1.165) is 23.4 Å². The van der Waals surface area contributed by atoms with E-state index >= 15 is 0 Å². The summed E-state index contributed by atoms with van der Waals surface area (Å²) < 4.78 is 0. The fourth-order valence-corrected chi connectivity index (χ4v) is 2.69. The summed E-state index contributed by atoms with van der Waals surface area (Å²) in [7, 11) is 0. The van der Waals surface area contributed by atoms with Gasteiger partial charge in [-0.3, -0.25) is 4.79 Å². The zero-order valence-corrected chi connectivity index (χ0v) is 11.5. The largest absolute Gasteiger partial charge is 0.298 e. The van der Waals surface area contributed by atoms with Crippen LogP contribution >= 0.6 is 27.5 Å². The molecule has 3 heteroatoms. The Kier molecular flexibility index (Phi) is 3.70. The van der Waals surface area contributed by atoms with Gasteiger partial charge in [0, 0.05) is 10.9 Å².